The number of alkyl halides is 3. The minimum absolute atomic E-state index is 0.0760. The van der Waals surface area contributed by atoms with E-state index in [1.807, 2.05) is 5.32 Å². The second-order valence-electron chi connectivity index (χ2n) is 3.78. The number of halogens is 3. The molecule has 0 fully saturated rings. The first-order valence-electron chi connectivity index (χ1n) is 5.48. The number of nitrogens with zero attached hydrogens (tertiary/aromatic N) is 2. The van der Waals surface area contributed by atoms with Gasteiger partial charge in [-0.25, -0.2) is 17.9 Å². The lowest BCUT2D eigenvalue weighted by molar-refractivity contribution is -0.138. The predicted molar refractivity (Wildman–Crippen MR) is 70.7 cm³/mol. The molecule has 22 heavy (non-hydrogen) atoms. The summed E-state index contributed by atoms with van der Waals surface area (Å²) in [5.74, 6) is 0. The summed E-state index contributed by atoms with van der Waals surface area (Å²) in [6.45, 7) is 0. The lowest BCUT2D eigenvalue weighted by Crippen LogP contribution is -2.34. The van der Waals surface area contributed by atoms with Gasteiger partial charge in [0, 0.05) is 0 Å². The molecule has 0 saturated heterocycles. The van der Waals surface area contributed by atoms with Crippen molar-refractivity contribution >= 4 is 32.5 Å². The van der Waals surface area contributed by atoms with Gasteiger partial charge < -0.3 is 0 Å². The maximum atomic E-state index is 12.3. The van der Waals surface area contributed by atoms with Crippen molar-refractivity contribution in [1.29, 1.82) is 0 Å². The SMILES string of the molecule is O=C(Nc1nnc(C(F)(F)F)s1)NS(=O)(=O)c1ccccc1. The van der Waals surface area contributed by atoms with Gasteiger partial charge in [0.05, 0.1) is 4.90 Å². The first-order chi connectivity index (χ1) is 10.2. The van der Waals surface area contributed by atoms with Crippen LogP contribution in [0.25, 0.3) is 0 Å². The fraction of sp³-hybridized carbons (Fsp3) is 0.100. The van der Waals surface area contributed by atoms with Crippen LogP contribution in [-0.4, -0.2) is 24.6 Å². The number of amides is 2. The number of anilines is 1. The second kappa shape index (κ2) is 5.88. The normalized spacial score (nSPS) is 12.0. The Kier molecular flexibility index (Phi) is 4.32. The summed E-state index contributed by atoms with van der Waals surface area (Å²) in [4.78, 5) is 11.3. The molecule has 12 heteroatoms. The van der Waals surface area contributed by atoms with E-state index in [-0.39, 0.29) is 16.2 Å². The molecule has 2 aromatic rings. The molecule has 0 aliphatic carbocycles. The Labute approximate surface area is 126 Å². The highest BCUT2D eigenvalue weighted by molar-refractivity contribution is 7.90. The summed E-state index contributed by atoms with van der Waals surface area (Å²) in [6.07, 6.45) is -4.69. The van der Waals surface area contributed by atoms with Crippen LogP contribution in [0, 0.1) is 0 Å². The molecule has 0 unspecified atom stereocenters. The topological polar surface area (TPSA) is 101 Å². The van der Waals surface area contributed by atoms with E-state index in [9.17, 15) is 26.4 Å². The van der Waals surface area contributed by atoms with Gasteiger partial charge in [-0.3, -0.25) is 5.32 Å². The predicted octanol–water partition coefficient (Wildman–Crippen LogP) is 2.07. The molecule has 7 nitrogen and oxygen atoms in total. The van der Waals surface area contributed by atoms with Crippen molar-refractivity contribution in [3.05, 3.63) is 35.3 Å². The molecule has 1 heterocycles. The van der Waals surface area contributed by atoms with E-state index >= 15 is 0 Å². The molecular formula is C10H7F3N4O3S2. The molecule has 1 aromatic carbocycles. The molecule has 0 spiro atoms. The lowest BCUT2D eigenvalue weighted by Gasteiger charge is -2.06. The molecule has 2 rings (SSSR count). The molecule has 118 valence electrons. The fourth-order valence-corrected chi connectivity index (χ4v) is 2.83. The number of aromatic nitrogens is 2. The Morgan fingerprint density at radius 1 is 1.14 bits per heavy atom. The average Bonchev–Trinajstić information content (AvgIpc) is 2.87. The minimum Gasteiger partial charge on any atom is -0.281 e. The molecular weight excluding hydrogens is 345 g/mol. The van der Waals surface area contributed by atoms with Crippen molar-refractivity contribution in [1.82, 2.24) is 14.9 Å². The average molecular weight is 352 g/mol. The summed E-state index contributed by atoms with van der Waals surface area (Å²) in [6, 6.07) is 5.75. The van der Waals surface area contributed by atoms with E-state index in [4.69, 9.17) is 0 Å². The van der Waals surface area contributed by atoms with Gasteiger partial charge in [0.2, 0.25) is 10.1 Å². The van der Waals surface area contributed by atoms with Crippen LogP contribution in [0.2, 0.25) is 0 Å². The smallest absolute Gasteiger partial charge is 0.281 e. The molecule has 1 aromatic heterocycles. The first-order valence-corrected chi connectivity index (χ1v) is 7.78. The Morgan fingerprint density at radius 2 is 1.77 bits per heavy atom. The van der Waals surface area contributed by atoms with Gasteiger partial charge in [-0.1, -0.05) is 29.5 Å². The molecule has 0 aliphatic rings. The number of urea groups is 1. The highest BCUT2D eigenvalue weighted by Gasteiger charge is 2.35. The number of benzene rings is 1. The van der Waals surface area contributed by atoms with Gasteiger partial charge in [-0.15, -0.1) is 10.2 Å². The zero-order valence-electron chi connectivity index (χ0n) is 10.5. The maximum absolute atomic E-state index is 12.3. The Balaban J connectivity index is 2.06. The Morgan fingerprint density at radius 3 is 2.32 bits per heavy atom. The quantitative estimate of drug-likeness (QED) is 0.881. The monoisotopic (exact) mass is 352 g/mol. The molecule has 0 atom stereocenters. The van der Waals surface area contributed by atoms with Gasteiger partial charge in [-0.2, -0.15) is 13.2 Å². The van der Waals surface area contributed by atoms with Crippen molar-refractivity contribution in [3.63, 3.8) is 0 Å². The molecule has 0 aliphatic heterocycles. The van der Waals surface area contributed by atoms with Crippen LogP contribution in [0.4, 0.5) is 23.1 Å². The number of hydrogen-bond acceptors (Lipinski definition) is 6. The van der Waals surface area contributed by atoms with E-state index in [0.717, 1.165) is 0 Å². The van der Waals surface area contributed by atoms with Crippen LogP contribution < -0.4 is 10.0 Å². The number of hydrogen-bond donors (Lipinski definition) is 2. The van der Waals surface area contributed by atoms with Crippen LogP contribution >= 0.6 is 11.3 Å². The van der Waals surface area contributed by atoms with Gasteiger partial charge in [0.1, 0.15) is 0 Å². The van der Waals surface area contributed by atoms with Gasteiger partial charge in [0.25, 0.3) is 10.0 Å². The van der Waals surface area contributed by atoms with Crippen molar-refractivity contribution < 1.29 is 26.4 Å². The number of carbonyl (C=O) groups is 1. The Hall–Kier alpha value is -2.21. The summed E-state index contributed by atoms with van der Waals surface area (Å²) in [5, 5.41) is 6.10. The number of nitrogens with one attached hydrogen (secondary N) is 2. The van der Waals surface area contributed by atoms with Crippen molar-refractivity contribution in [2.75, 3.05) is 5.32 Å². The van der Waals surface area contributed by atoms with Gasteiger partial charge in [-0.05, 0) is 12.1 Å². The van der Waals surface area contributed by atoms with Crippen molar-refractivity contribution in [3.8, 4) is 0 Å². The molecule has 0 bridgehead atoms. The van der Waals surface area contributed by atoms with Crippen LogP contribution in [0.1, 0.15) is 5.01 Å². The highest BCUT2D eigenvalue weighted by atomic mass is 32.2. The molecule has 0 saturated carbocycles. The van der Waals surface area contributed by atoms with Crippen LogP contribution in [0.5, 0.6) is 0 Å². The summed E-state index contributed by atoms with van der Waals surface area (Å²) in [7, 11) is -4.13. The third-order valence-corrected chi connectivity index (χ3v) is 4.40. The van der Waals surface area contributed by atoms with Crippen LogP contribution in [0.15, 0.2) is 35.2 Å². The Bertz CT molecular complexity index is 774. The maximum Gasteiger partial charge on any atom is 0.445 e. The van der Waals surface area contributed by atoms with Crippen LogP contribution in [-0.2, 0) is 16.2 Å². The van der Waals surface area contributed by atoms with E-state index in [2.05, 4.69) is 10.2 Å². The first kappa shape index (κ1) is 16.2. The standard InChI is InChI=1S/C10H7F3N4O3S2/c11-10(12,13)7-15-16-9(21-7)14-8(18)17-22(19,20)6-4-2-1-3-5-6/h1-5H,(H2,14,16,17,18). The number of carbonyl (C=O) groups excluding carboxylic acids is 1. The van der Waals surface area contributed by atoms with Gasteiger partial charge in [0.15, 0.2) is 0 Å². The third kappa shape index (κ3) is 3.92. The molecule has 2 N–H and O–H groups in total. The van der Waals surface area contributed by atoms with Crippen molar-refractivity contribution in [2.45, 2.75) is 11.1 Å². The largest absolute Gasteiger partial charge is 0.445 e. The van der Waals surface area contributed by atoms with E-state index < -0.39 is 32.4 Å². The molecule has 0 radical (unpaired) electrons. The minimum atomic E-state index is -4.69. The zero-order valence-corrected chi connectivity index (χ0v) is 12.1. The zero-order chi connectivity index (χ0) is 16.4. The summed E-state index contributed by atoms with van der Waals surface area (Å²) in [5.41, 5.74) is 0. The van der Waals surface area contributed by atoms with Crippen molar-refractivity contribution in [2.24, 2.45) is 0 Å². The highest BCUT2D eigenvalue weighted by Crippen LogP contribution is 2.32. The van der Waals surface area contributed by atoms with Gasteiger partial charge >= 0.3 is 12.2 Å². The number of rotatable bonds is 3. The fourth-order valence-electron chi connectivity index (χ4n) is 1.29. The van der Waals surface area contributed by atoms with E-state index in [1.54, 1.807) is 10.8 Å². The van der Waals surface area contributed by atoms with E-state index in [1.165, 1.54) is 24.3 Å². The third-order valence-electron chi connectivity index (χ3n) is 2.17. The van der Waals surface area contributed by atoms with Crippen LogP contribution in [0.3, 0.4) is 0 Å². The second-order valence-corrected chi connectivity index (χ2v) is 6.44. The van der Waals surface area contributed by atoms with E-state index in [0.29, 0.717) is 0 Å². The summed E-state index contributed by atoms with van der Waals surface area (Å²) >= 11 is 0.0760. The lowest BCUT2D eigenvalue weighted by atomic mass is 10.4. The summed E-state index contributed by atoms with van der Waals surface area (Å²) < 4.78 is 62.2. The molecule has 2 amide bonds. The number of sulfonamides is 1.